The first-order chi connectivity index (χ1) is 31.1. The molecule has 8 nitrogen and oxygen atoms in total. The number of phosphoric acid groups is 1. The van der Waals surface area contributed by atoms with Gasteiger partial charge in [0.15, 0.2) is 0 Å². The van der Waals surface area contributed by atoms with Crippen molar-refractivity contribution in [2.24, 2.45) is 0 Å². The van der Waals surface area contributed by atoms with Crippen LogP contribution in [0.2, 0.25) is 0 Å². The highest BCUT2D eigenvalue weighted by Crippen LogP contribution is 2.43. The first kappa shape index (κ1) is 63.0. The van der Waals surface area contributed by atoms with Gasteiger partial charge in [0, 0.05) is 13.0 Å². The summed E-state index contributed by atoms with van der Waals surface area (Å²) in [4.78, 5) is 23.0. The van der Waals surface area contributed by atoms with Crippen molar-refractivity contribution < 1.29 is 37.3 Å². The fraction of sp³-hybridized carbons (Fsp3) is 0.909. The number of likely N-dealkylation sites (N-methyl/N-ethyl adjacent to an activating group) is 1. The minimum absolute atomic E-state index is 0.0898. The van der Waals surface area contributed by atoms with Gasteiger partial charge in [-0.2, -0.15) is 0 Å². The fourth-order valence-electron chi connectivity index (χ4n) is 8.00. The molecular formula is C55H109NO7P+. The number of rotatable bonds is 52. The van der Waals surface area contributed by atoms with E-state index in [1.807, 2.05) is 21.1 Å². The zero-order valence-corrected chi connectivity index (χ0v) is 44.2. The van der Waals surface area contributed by atoms with Crippen molar-refractivity contribution in [2.75, 3.05) is 54.1 Å². The van der Waals surface area contributed by atoms with E-state index >= 15 is 0 Å². The van der Waals surface area contributed by atoms with E-state index in [2.05, 4.69) is 38.2 Å². The Morgan fingerprint density at radius 2 is 0.859 bits per heavy atom. The molecule has 0 heterocycles. The second-order valence-electron chi connectivity index (χ2n) is 20.0. The number of allylic oxidation sites excluding steroid dienone is 4. The molecular weight excluding hydrogens is 818 g/mol. The number of quaternary nitrogens is 1. The van der Waals surface area contributed by atoms with Crippen molar-refractivity contribution in [2.45, 2.75) is 270 Å². The van der Waals surface area contributed by atoms with Gasteiger partial charge in [0.25, 0.3) is 0 Å². The van der Waals surface area contributed by atoms with Gasteiger partial charge in [-0.25, -0.2) is 4.57 Å². The van der Waals surface area contributed by atoms with Crippen molar-refractivity contribution in [3.63, 3.8) is 0 Å². The van der Waals surface area contributed by atoms with Gasteiger partial charge in [-0.05, 0) is 44.9 Å². The van der Waals surface area contributed by atoms with Crippen molar-refractivity contribution in [1.82, 2.24) is 0 Å². The maximum atomic E-state index is 12.8. The third-order valence-corrected chi connectivity index (χ3v) is 13.2. The highest BCUT2D eigenvalue weighted by atomic mass is 31.2. The third kappa shape index (κ3) is 52.0. The number of hydrogen-bond acceptors (Lipinski definition) is 6. The van der Waals surface area contributed by atoms with E-state index < -0.39 is 13.9 Å². The second-order valence-corrected chi connectivity index (χ2v) is 21.4. The summed E-state index contributed by atoms with van der Waals surface area (Å²) in [6.45, 7) is 5.64. The summed E-state index contributed by atoms with van der Waals surface area (Å²) in [5.74, 6) is -0.309. The number of carbonyl (C=O) groups is 1. The first-order valence-electron chi connectivity index (χ1n) is 27.6. The topological polar surface area (TPSA) is 91.3 Å². The van der Waals surface area contributed by atoms with Crippen molar-refractivity contribution in [3.8, 4) is 0 Å². The van der Waals surface area contributed by atoms with Crippen LogP contribution in [0.1, 0.15) is 264 Å². The summed E-state index contributed by atoms with van der Waals surface area (Å²) in [6.07, 6.45) is 58.0. The zero-order chi connectivity index (χ0) is 46.9. The van der Waals surface area contributed by atoms with E-state index in [9.17, 15) is 14.3 Å². The number of ether oxygens (including phenoxy) is 2. The molecule has 2 unspecified atom stereocenters. The molecule has 0 bridgehead atoms. The molecule has 0 aromatic heterocycles. The minimum atomic E-state index is -4.28. The van der Waals surface area contributed by atoms with Crippen LogP contribution < -0.4 is 0 Å². The lowest BCUT2D eigenvalue weighted by Gasteiger charge is -2.24. The maximum Gasteiger partial charge on any atom is 0.472 e. The molecule has 0 fully saturated rings. The van der Waals surface area contributed by atoms with Crippen LogP contribution in [0.3, 0.4) is 0 Å². The molecule has 1 N–H and O–H groups in total. The molecule has 0 rings (SSSR count). The van der Waals surface area contributed by atoms with Gasteiger partial charge in [0.1, 0.15) is 19.3 Å². The number of phosphoric ester groups is 1. The molecule has 0 aliphatic carbocycles. The summed E-state index contributed by atoms with van der Waals surface area (Å²) in [5, 5.41) is 0. The largest absolute Gasteiger partial charge is 0.472 e. The van der Waals surface area contributed by atoms with E-state index in [0.29, 0.717) is 24.1 Å². The normalized spacial score (nSPS) is 13.7. The van der Waals surface area contributed by atoms with Crippen LogP contribution in [0.5, 0.6) is 0 Å². The molecule has 380 valence electrons. The first-order valence-corrected chi connectivity index (χ1v) is 29.1. The highest BCUT2D eigenvalue weighted by Gasteiger charge is 2.26. The number of carbonyl (C=O) groups excluding carboxylic acids is 1. The molecule has 0 amide bonds. The Morgan fingerprint density at radius 3 is 1.30 bits per heavy atom. The monoisotopic (exact) mass is 927 g/mol. The van der Waals surface area contributed by atoms with Crippen LogP contribution in [0.25, 0.3) is 0 Å². The van der Waals surface area contributed by atoms with Crippen LogP contribution in [0.15, 0.2) is 24.3 Å². The lowest BCUT2D eigenvalue weighted by molar-refractivity contribution is -0.870. The van der Waals surface area contributed by atoms with Gasteiger partial charge in [0.2, 0.25) is 0 Å². The molecule has 2 atom stereocenters. The zero-order valence-electron chi connectivity index (χ0n) is 43.3. The van der Waals surface area contributed by atoms with E-state index in [4.69, 9.17) is 18.5 Å². The van der Waals surface area contributed by atoms with Crippen LogP contribution in [0, 0.1) is 0 Å². The standard InChI is InChI=1S/C55H108NO7P/c1-6-8-10-12-14-16-18-20-22-24-26-27-28-29-30-31-32-34-36-38-40-42-44-46-48-55(57)63-54(53-62-64(58,59)61-51-49-56(3,4)5)52-60-50-47-45-43-41-39-37-35-33-25-23-21-19-17-15-13-11-9-7-2/h15,17,21,23,54H,6-14,16,18-20,22,24-53H2,1-5H3/p+1/b17-15-,23-21-. The van der Waals surface area contributed by atoms with Gasteiger partial charge >= 0.3 is 13.8 Å². The number of esters is 1. The average Bonchev–Trinajstić information content (AvgIpc) is 3.25. The Labute approximate surface area is 398 Å². The molecule has 64 heavy (non-hydrogen) atoms. The van der Waals surface area contributed by atoms with Crippen LogP contribution in [-0.4, -0.2) is 75.6 Å². The quantitative estimate of drug-likeness (QED) is 0.0214. The van der Waals surface area contributed by atoms with Gasteiger partial charge in [-0.15, -0.1) is 0 Å². The molecule has 0 radical (unpaired) electrons. The lowest BCUT2D eigenvalue weighted by Crippen LogP contribution is -2.37. The molecule has 9 heteroatoms. The summed E-state index contributed by atoms with van der Waals surface area (Å²) >= 11 is 0. The molecule has 0 aliphatic rings. The minimum Gasteiger partial charge on any atom is -0.457 e. The van der Waals surface area contributed by atoms with E-state index in [-0.39, 0.29) is 25.8 Å². The summed E-state index contributed by atoms with van der Waals surface area (Å²) in [7, 11) is 1.68. The molecule has 0 spiro atoms. The summed E-state index contributed by atoms with van der Waals surface area (Å²) in [5.41, 5.74) is 0. The van der Waals surface area contributed by atoms with Gasteiger partial charge in [-0.3, -0.25) is 13.8 Å². The number of unbranched alkanes of at least 4 members (excludes halogenated alkanes) is 34. The highest BCUT2D eigenvalue weighted by molar-refractivity contribution is 7.47. The third-order valence-electron chi connectivity index (χ3n) is 12.3. The number of nitrogens with zero attached hydrogens (tertiary/aromatic N) is 1. The van der Waals surface area contributed by atoms with Crippen molar-refractivity contribution >= 4 is 13.8 Å². The van der Waals surface area contributed by atoms with Crippen molar-refractivity contribution in [1.29, 1.82) is 0 Å². The molecule has 0 aliphatic heterocycles. The Balaban J connectivity index is 4.05. The lowest BCUT2D eigenvalue weighted by atomic mass is 10.0. The maximum absolute atomic E-state index is 12.8. The smallest absolute Gasteiger partial charge is 0.457 e. The van der Waals surface area contributed by atoms with Gasteiger partial charge in [-0.1, -0.05) is 237 Å². The van der Waals surface area contributed by atoms with E-state index in [1.54, 1.807) is 0 Å². The Hall–Kier alpha value is -1.02. The molecule has 0 saturated carbocycles. The molecule has 0 saturated heterocycles. The van der Waals surface area contributed by atoms with Crippen molar-refractivity contribution in [3.05, 3.63) is 24.3 Å². The summed E-state index contributed by atoms with van der Waals surface area (Å²) < 4.78 is 35.2. The number of hydrogen-bond donors (Lipinski definition) is 1. The van der Waals surface area contributed by atoms with Gasteiger partial charge < -0.3 is 18.9 Å². The van der Waals surface area contributed by atoms with Crippen LogP contribution in [0.4, 0.5) is 0 Å². The average molecular weight is 927 g/mol. The predicted molar refractivity (Wildman–Crippen MR) is 275 cm³/mol. The molecule has 0 aromatic rings. The molecule has 0 aromatic carbocycles. The van der Waals surface area contributed by atoms with E-state index in [1.165, 1.54) is 205 Å². The predicted octanol–water partition coefficient (Wildman–Crippen LogP) is 17.1. The fourth-order valence-corrected chi connectivity index (χ4v) is 8.74. The Kier molecular flexibility index (Phi) is 47.7. The summed E-state index contributed by atoms with van der Waals surface area (Å²) in [6, 6.07) is 0. The van der Waals surface area contributed by atoms with Crippen LogP contribution in [-0.2, 0) is 27.9 Å². The van der Waals surface area contributed by atoms with Gasteiger partial charge in [0.05, 0.1) is 34.4 Å². The Morgan fingerprint density at radius 1 is 0.484 bits per heavy atom. The second kappa shape index (κ2) is 48.4. The van der Waals surface area contributed by atoms with Crippen LogP contribution >= 0.6 is 7.82 Å². The SMILES string of the molecule is CCCCC/C=C\C/C=C\CCCCCCCCCCOCC(COP(=O)(O)OCC[N+](C)(C)C)OC(=O)CCCCCCCCCCCCCCCCCCCCCCCCCC. The van der Waals surface area contributed by atoms with E-state index in [0.717, 1.165) is 38.5 Å². The Bertz CT molecular complexity index is 1080.